The van der Waals surface area contributed by atoms with Crippen LogP contribution in [0.15, 0.2) is 0 Å². The van der Waals surface area contributed by atoms with E-state index in [1.807, 2.05) is 0 Å². The number of hydrogen-bond acceptors (Lipinski definition) is 15. The van der Waals surface area contributed by atoms with Crippen LogP contribution in [0.1, 0.15) is 245 Å². The third kappa shape index (κ3) is 28.3. The Kier molecular flexibility index (Phi) is 40.0. The van der Waals surface area contributed by atoms with E-state index in [0.717, 1.165) is 51.4 Å². The highest BCUT2D eigenvalue weighted by atomic mass is 16.8. The molecule has 2 rings (SSSR count). The summed E-state index contributed by atoms with van der Waals surface area (Å²) in [6.07, 6.45) is 20.5. The molecule has 2 saturated heterocycles. The average Bonchev–Trinajstić information content (AvgIpc) is 3.38. The van der Waals surface area contributed by atoms with Crippen molar-refractivity contribution in [3.05, 3.63) is 0 Å². The Morgan fingerprint density at radius 2 is 0.806 bits per heavy atom. The van der Waals surface area contributed by atoms with Gasteiger partial charge in [-0.2, -0.15) is 0 Å². The van der Waals surface area contributed by atoms with Crippen LogP contribution >= 0.6 is 0 Å². The third-order valence-electron chi connectivity index (χ3n) is 15.0. The predicted octanol–water partition coefficient (Wildman–Crippen LogP) is 7.28. The van der Waals surface area contributed by atoms with Gasteiger partial charge in [0.05, 0.1) is 32.0 Å². The lowest BCUT2D eigenvalue weighted by Crippen LogP contribution is -2.65. The zero-order chi connectivity index (χ0) is 52.8. The number of unbranched alkanes of at least 4 members (excludes halogenated alkanes) is 32. The Hall–Kier alpha value is -1.09. The fourth-order valence-corrected chi connectivity index (χ4v) is 10.1. The maximum atomic E-state index is 13.5. The second-order valence-electron chi connectivity index (χ2n) is 21.4. The molecular formula is C56H109NO15. The van der Waals surface area contributed by atoms with Crippen molar-refractivity contribution in [1.82, 2.24) is 5.32 Å². The Balaban J connectivity index is 1.88. The molecule has 14 atom stereocenters. The van der Waals surface area contributed by atoms with Gasteiger partial charge < -0.3 is 75.3 Å². The summed E-state index contributed by atoms with van der Waals surface area (Å²) in [5.41, 5.74) is 0. The van der Waals surface area contributed by atoms with Gasteiger partial charge in [0.2, 0.25) is 5.91 Å². The van der Waals surface area contributed by atoms with Gasteiger partial charge in [-0.15, -0.1) is 0 Å². The fourth-order valence-electron chi connectivity index (χ4n) is 10.1. The van der Waals surface area contributed by atoms with Crippen molar-refractivity contribution in [2.75, 3.05) is 19.8 Å². The van der Waals surface area contributed by atoms with E-state index in [-0.39, 0.29) is 12.8 Å². The summed E-state index contributed by atoms with van der Waals surface area (Å²) in [5, 5.41) is 109. The topological polar surface area (TPSA) is 268 Å². The number of aliphatic hydroxyl groups excluding tert-OH is 10. The first-order chi connectivity index (χ1) is 34.9. The highest BCUT2D eigenvalue weighted by Gasteiger charge is 2.51. The molecule has 0 aromatic carbocycles. The maximum Gasteiger partial charge on any atom is 0.249 e. The molecule has 0 aromatic rings. The Labute approximate surface area is 435 Å². The molecule has 2 heterocycles. The van der Waals surface area contributed by atoms with Crippen molar-refractivity contribution in [2.45, 2.75) is 331 Å². The summed E-state index contributed by atoms with van der Waals surface area (Å²) < 4.78 is 23.0. The minimum Gasteiger partial charge on any atom is -0.394 e. The molecule has 2 fully saturated rings. The van der Waals surface area contributed by atoms with Crippen LogP contribution in [-0.2, 0) is 23.7 Å². The van der Waals surface area contributed by atoms with E-state index in [4.69, 9.17) is 18.9 Å². The van der Waals surface area contributed by atoms with Gasteiger partial charge in [-0.25, -0.2) is 0 Å². The number of amides is 1. The van der Waals surface area contributed by atoms with Crippen LogP contribution in [0.2, 0.25) is 0 Å². The standard InChI is InChI=1S/C56H109NO15/c1-3-5-7-9-11-13-15-17-19-20-21-22-23-24-26-28-30-32-34-36-38-44(61)54(68)57-42(47(62)43(60)37-35-33-31-29-27-25-18-16-14-12-10-8-6-4-2)41-69-56-53(51(66)49(64)46(40-59)71-56)72-55-52(67)50(65)48(63)45(39-58)70-55/h42-53,55-56,58-67H,3-41H2,1-2H3,(H,57,68). The van der Waals surface area contributed by atoms with Gasteiger partial charge in [0.15, 0.2) is 12.6 Å². The van der Waals surface area contributed by atoms with E-state index in [9.17, 15) is 55.9 Å². The van der Waals surface area contributed by atoms with Crippen molar-refractivity contribution in [3.63, 3.8) is 0 Å². The van der Waals surface area contributed by atoms with Crippen LogP contribution in [-0.4, -0.2) is 163 Å². The smallest absolute Gasteiger partial charge is 0.249 e. The zero-order valence-electron chi connectivity index (χ0n) is 45.2. The first-order valence-electron chi connectivity index (χ1n) is 29.5. The first kappa shape index (κ1) is 67.0. The van der Waals surface area contributed by atoms with Crippen molar-refractivity contribution in [1.29, 1.82) is 0 Å². The number of ether oxygens (including phenoxy) is 4. The Morgan fingerprint density at radius 3 is 1.19 bits per heavy atom. The van der Waals surface area contributed by atoms with Crippen molar-refractivity contribution >= 4 is 5.91 Å². The molecule has 72 heavy (non-hydrogen) atoms. The molecule has 11 N–H and O–H groups in total. The van der Waals surface area contributed by atoms with Crippen LogP contribution in [0.25, 0.3) is 0 Å². The summed E-state index contributed by atoms with van der Waals surface area (Å²) in [6.45, 7) is 2.43. The number of nitrogens with one attached hydrogen (secondary N) is 1. The highest BCUT2D eigenvalue weighted by molar-refractivity contribution is 5.80. The normalized spacial score (nSPS) is 26.4. The molecule has 2 aliphatic heterocycles. The molecule has 16 nitrogen and oxygen atoms in total. The molecule has 428 valence electrons. The van der Waals surface area contributed by atoms with Crippen LogP contribution in [0, 0.1) is 0 Å². The lowest BCUT2D eigenvalue weighted by molar-refractivity contribution is -0.368. The van der Waals surface area contributed by atoms with Gasteiger partial charge >= 0.3 is 0 Å². The number of carbonyl (C=O) groups excluding carboxylic acids is 1. The average molecular weight is 1040 g/mol. The van der Waals surface area contributed by atoms with E-state index >= 15 is 0 Å². The summed E-state index contributed by atoms with van der Waals surface area (Å²) in [5.74, 6) is -0.772. The summed E-state index contributed by atoms with van der Waals surface area (Å²) >= 11 is 0. The van der Waals surface area contributed by atoms with E-state index < -0.39 is 111 Å². The first-order valence-corrected chi connectivity index (χ1v) is 29.5. The second-order valence-corrected chi connectivity index (χ2v) is 21.4. The van der Waals surface area contributed by atoms with E-state index in [1.165, 1.54) is 154 Å². The van der Waals surface area contributed by atoms with Crippen LogP contribution in [0.3, 0.4) is 0 Å². The molecule has 0 aromatic heterocycles. The maximum absolute atomic E-state index is 13.5. The molecule has 0 aliphatic carbocycles. The van der Waals surface area contributed by atoms with Gasteiger partial charge in [0.1, 0.15) is 61.0 Å². The van der Waals surface area contributed by atoms with Gasteiger partial charge in [-0.05, 0) is 12.8 Å². The zero-order valence-corrected chi connectivity index (χ0v) is 45.2. The molecule has 14 unspecified atom stereocenters. The van der Waals surface area contributed by atoms with Gasteiger partial charge in [-0.1, -0.05) is 232 Å². The molecule has 1 amide bonds. The number of carbonyl (C=O) groups is 1. The number of aliphatic hydroxyl groups is 10. The summed E-state index contributed by atoms with van der Waals surface area (Å²) in [4.78, 5) is 13.5. The quantitative estimate of drug-likeness (QED) is 0.0268. The van der Waals surface area contributed by atoms with Gasteiger partial charge in [0.25, 0.3) is 0 Å². The SMILES string of the molecule is CCCCCCCCCCCCCCCCCCCCCCC(O)C(=O)NC(COC1OC(CO)C(O)C(O)C1OC1OC(CO)C(O)C(O)C1O)C(O)C(O)CCCCCCCCCCCCCCCC. The number of rotatable bonds is 47. The van der Waals surface area contributed by atoms with E-state index in [2.05, 4.69) is 19.2 Å². The largest absolute Gasteiger partial charge is 0.394 e. The minimum atomic E-state index is -1.87. The van der Waals surface area contributed by atoms with Crippen LogP contribution in [0.5, 0.6) is 0 Å². The van der Waals surface area contributed by atoms with Crippen LogP contribution in [0.4, 0.5) is 0 Å². The lowest BCUT2D eigenvalue weighted by atomic mass is 9.97. The van der Waals surface area contributed by atoms with Crippen molar-refractivity contribution in [3.8, 4) is 0 Å². The minimum absolute atomic E-state index is 0.194. The molecule has 0 radical (unpaired) electrons. The predicted molar refractivity (Wildman–Crippen MR) is 280 cm³/mol. The summed E-state index contributed by atoms with van der Waals surface area (Å²) in [6, 6.07) is -1.31. The highest BCUT2D eigenvalue weighted by Crippen LogP contribution is 2.30. The fraction of sp³-hybridized carbons (Fsp3) is 0.982. The van der Waals surface area contributed by atoms with Crippen molar-refractivity contribution < 1.29 is 74.8 Å². The molecule has 0 spiro atoms. The Morgan fingerprint density at radius 1 is 0.458 bits per heavy atom. The van der Waals surface area contributed by atoms with E-state index in [1.54, 1.807) is 0 Å². The molecule has 16 heteroatoms. The second kappa shape index (κ2) is 43.0. The van der Waals surface area contributed by atoms with Gasteiger partial charge in [-0.3, -0.25) is 4.79 Å². The lowest BCUT2D eigenvalue weighted by Gasteiger charge is -2.46. The summed E-state index contributed by atoms with van der Waals surface area (Å²) in [7, 11) is 0. The van der Waals surface area contributed by atoms with E-state index in [0.29, 0.717) is 12.8 Å². The molecule has 0 bridgehead atoms. The van der Waals surface area contributed by atoms with Gasteiger partial charge in [0, 0.05) is 0 Å². The molecular weight excluding hydrogens is 927 g/mol. The molecule has 0 saturated carbocycles. The van der Waals surface area contributed by atoms with Crippen LogP contribution < -0.4 is 5.32 Å². The monoisotopic (exact) mass is 1040 g/mol. The number of hydrogen-bond donors (Lipinski definition) is 11. The molecule has 2 aliphatic rings. The third-order valence-corrected chi connectivity index (χ3v) is 15.0. The van der Waals surface area contributed by atoms with Crippen molar-refractivity contribution in [2.24, 2.45) is 0 Å². The Bertz CT molecular complexity index is 1250.